The van der Waals surface area contributed by atoms with E-state index >= 15 is 0 Å². The SMILES string of the molecule is COCCn1ncc(Br)c1C(N)Cc1cccnc1. The quantitative estimate of drug-likeness (QED) is 0.881. The van der Waals surface area contributed by atoms with E-state index in [1.807, 2.05) is 23.0 Å². The molecule has 2 rings (SSSR count). The lowest BCUT2D eigenvalue weighted by atomic mass is 10.1. The van der Waals surface area contributed by atoms with Gasteiger partial charge in [-0.15, -0.1) is 0 Å². The van der Waals surface area contributed by atoms with Crippen LogP contribution in [0.3, 0.4) is 0 Å². The number of hydrogen-bond acceptors (Lipinski definition) is 4. The van der Waals surface area contributed by atoms with Crippen molar-refractivity contribution in [2.24, 2.45) is 5.73 Å². The summed E-state index contributed by atoms with van der Waals surface area (Å²) < 4.78 is 7.90. The van der Waals surface area contributed by atoms with Crippen LogP contribution in [-0.4, -0.2) is 28.5 Å². The third kappa shape index (κ3) is 3.62. The average molecular weight is 325 g/mol. The highest BCUT2D eigenvalue weighted by molar-refractivity contribution is 9.10. The Labute approximate surface area is 120 Å². The molecule has 1 atom stereocenters. The van der Waals surface area contributed by atoms with Gasteiger partial charge in [0.2, 0.25) is 0 Å². The number of aromatic nitrogens is 3. The summed E-state index contributed by atoms with van der Waals surface area (Å²) in [7, 11) is 1.67. The lowest BCUT2D eigenvalue weighted by Gasteiger charge is -2.15. The second-order valence-electron chi connectivity index (χ2n) is 4.27. The van der Waals surface area contributed by atoms with Crippen LogP contribution in [-0.2, 0) is 17.7 Å². The molecule has 0 spiro atoms. The third-order valence-electron chi connectivity index (χ3n) is 2.87. The number of methoxy groups -OCH3 is 1. The first-order valence-corrected chi connectivity index (χ1v) is 6.86. The van der Waals surface area contributed by atoms with Gasteiger partial charge in [0.05, 0.1) is 35.6 Å². The first kappa shape index (κ1) is 14.2. The Morgan fingerprint density at radius 1 is 1.47 bits per heavy atom. The van der Waals surface area contributed by atoms with Gasteiger partial charge in [-0.3, -0.25) is 9.67 Å². The molecule has 0 amide bonds. The molecule has 5 nitrogen and oxygen atoms in total. The summed E-state index contributed by atoms with van der Waals surface area (Å²) in [5.41, 5.74) is 8.38. The van der Waals surface area contributed by atoms with Gasteiger partial charge in [-0.05, 0) is 34.0 Å². The van der Waals surface area contributed by atoms with Crippen LogP contribution in [0.15, 0.2) is 35.2 Å². The van der Waals surface area contributed by atoms with E-state index in [9.17, 15) is 0 Å². The van der Waals surface area contributed by atoms with Crippen LogP contribution in [0.1, 0.15) is 17.3 Å². The fourth-order valence-corrected chi connectivity index (χ4v) is 2.56. The number of rotatable bonds is 6. The summed E-state index contributed by atoms with van der Waals surface area (Å²) in [6.45, 7) is 1.30. The van der Waals surface area contributed by atoms with Crippen molar-refractivity contribution < 1.29 is 4.74 Å². The van der Waals surface area contributed by atoms with E-state index in [1.165, 1.54) is 0 Å². The molecule has 0 aliphatic heterocycles. The van der Waals surface area contributed by atoms with Crippen LogP contribution in [0.5, 0.6) is 0 Å². The number of pyridine rings is 1. The molecule has 1 unspecified atom stereocenters. The van der Waals surface area contributed by atoms with Gasteiger partial charge in [0, 0.05) is 19.5 Å². The van der Waals surface area contributed by atoms with Crippen molar-refractivity contribution in [2.45, 2.75) is 19.0 Å². The topological polar surface area (TPSA) is 66.0 Å². The van der Waals surface area contributed by atoms with Crippen LogP contribution in [0.25, 0.3) is 0 Å². The van der Waals surface area contributed by atoms with Gasteiger partial charge in [-0.2, -0.15) is 5.10 Å². The number of nitrogens with zero attached hydrogens (tertiary/aromatic N) is 3. The maximum Gasteiger partial charge on any atom is 0.0697 e. The Morgan fingerprint density at radius 3 is 3.00 bits per heavy atom. The van der Waals surface area contributed by atoms with Gasteiger partial charge < -0.3 is 10.5 Å². The standard InChI is InChI=1S/C13H17BrN4O/c1-19-6-5-18-13(11(14)9-17-18)12(15)7-10-3-2-4-16-8-10/h2-4,8-9,12H,5-7,15H2,1H3. The van der Waals surface area contributed by atoms with Crippen molar-refractivity contribution in [3.8, 4) is 0 Å². The summed E-state index contributed by atoms with van der Waals surface area (Å²) in [4.78, 5) is 4.10. The minimum atomic E-state index is -0.127. The Kier molecular flexibility index (Phi) is 5.07. The fraction of sp³-hybridized carbons (Fsp3) is 0.385. The predicted octanol–water partition coefficient (Wildman–Crippen LogP) is 1.93. The second kappa shape index (κ2) is 6.79. The van der Waals surface area contributed by atoms with Crippen LogP contribution in [0.2, 0.25) is 0 Å². The first-order valence-electron chi connectivity index (χ1n) is 6.07. The molecule has 0 aliphatic rings. The molecule has 19 heavy (non-hydrogen) atoms. The fourth-order valence-electron chi connectivity index (χ4n) is 1.97. The minimum Gasteiger partial charge on any atom is -0.383 e. The molecule has 2 N–H and O–H groups in total. The molecule has 0 aliphatic carbocycles. The van der Waals surface area contributed by atoms with Gasteiger partial charge in [0.1, 0.15) is 0 Å². The van der Waals surface area contributed by atoms with Crippen molar-refractivity contribution in [3.63, 3.8) is 0 Å². The van der Waals surface area contributed by atoms with Crippen molar-refractivity contribution in [1.82, 2.24) is 14.8 Å². The Balaban J connectivity index is 2.14. The summed E-state index contributed by atoms with van der Waals surface area (Å²) in [6.07, 6.45) is 6.09. The first-order chi connectivity index (χ1) is 9.22. The number of ether oxygens (including phenoxy) is 1. The smallest absolute Gasteiger partial charge is 0.0697 e. The van der Waals surface area contributed by atoms with E-state index in [2.05, 4.69) is 26.0 Å². The van der Waals surface area contributed by atoms with E-state index in [0.717, 1.165) is 22.2 Å². The Hall–Kier alpha value is -1.24. The second-order valence-corrected chi connectivity index (χ2v) is 5.12. The van der Waals surface area contributed by atoms with Crippen molar-refractivity contribution >= 4 is 15.9 Å². The highest BCUT2D eigenvalue weighted by atomic mass is 79.9. The van der Waals surface area contributed by atoms with Gasteiger partial charge in [-0.1, -0.05) is 6.07 Å². The average Bonchev–Trinajstić information content (AvgIpc) is 2.78. The van der Waals surface area contributed by atoms with Gasteiger partial charge >= 0.3 is 0 Å². The van der Waals surface area contributed by atoms with Gasteiger partial charge in [0.25, 0.3) is 0 Å². The van der Waals surface area contributed by atoms with Crippen molar-refractivity contribution in [2.75, 3.05) is 13.7 Å². The Bertz CT molecular complexity index is 515. The summed E-state index contributed by atoms with van der Waals surface area (Å²) >= 11 is 3.50. The minimum absolute atomic E-state index is 0.127. The number of nitrogens with two attached hydrogens (primary N) is 1. The predicted molar refractivity (Wildman–Crippen MR) is 76.7 cm³/mol. The molecular weight excluding hydrogens is 308 g/mol. The van der Waals surface area contributed by atoms with Crippen LogP contribution < -0.4 is 5.73 Å². The molecule has 0 bridgehead atoms. The summed E-state index contributed by atoms with van der Waals surface area (Å²) in [5, 5.41) is 4.31. The molecular formula is C13H17BrN4O. The number of hydrogen-bond donors (Lipinski definition) is 1. The lowest BCUT2D eigenvalue weighted by molar-refractivity contribution is 0.182. The highest BCUT2D eigenvalue weighted by Crippen LogP contribution is 2.24. The largest absolute Gasteiger partial charge is 0.383 e. The van der Waals surface area contributed by atoms with Gasteiger partial charge in [-0.25, -0.2) is 0 Å². The normalized spacial score (nSPS) is 12.6. The van der Waals surface area contributed by atoms with E-state index in [4.69, 9.17) is 10.5 Å². The Morgan fingerprint density at radius 2 is 2.32 bits per heavy atom. The highest BCUT2D eigenvalue weighted by Gasteiger charge is 2.17. The van der Waals surface area contributed by atoms with Crippen molar-refractivity contribution in [1.29, 1.82) is 0 Å². The van der Waals surface area contributed by atoms with Crippen molar-refractivity contribution in [3.05, 3.63) is 46.5 Å². The molecule has 2 aromatic rings. The zero-order valence-electron chi connectivity index (χ0n) is 10.8. The van der Waals surface area contributed by atoms with Crippen LogP contribution in [0, 0.1) is 0 Å². The van der Waals surface area contributed by atoms with E-state index in [1.54, 1.807) is 19.5 Å². The maximum absolute atomic E-state index is 6.29. The van der Waals surface area contributed by atoms with E-state index in [-0.39, 0.29) is 6.04 Å². The van der Waals surface area contributed by atoms with Crippen LogP contribution >= 0.6 is 15.9 Å². The molecule has 0 radical (unpaired) electrons. The third-order valence-corrected chi connectivity index (χ3v) is 3.48. The molecule has 102 valence electrons. The molecule has 6 heteroatoms. The zero-order valence-corrected chi connectivity index (χ0v) is 12.4. The summed E-state index contributed by atoms with van der Waals surface area (Å²) in [6, 6.07) is 3.81. The summed E-state index contributed by atoms with van der Waals surface area (Å²) in [5.74, 6) is 0. The zero-order chi connectivity index (χ0) is 13.7. The van der Waals surface area contributed by atoms with Crippen LogP contribution in [0.4, 0.5) is 0 Å². The number of halogens is 1. The van der Waals surface area contributed by atoms with E-state index < -0.39 is 0 Å². The molecule has 2 aromatic heterocycles. The van der Waals surface area contributed by atoms with E-state index in [0.29, 0.717) is 13.2 Å². The molecule has 0 saturated heterocycles. The molecule has 0 aromatic carbocycles. The molecule has 2 heterocycles. The monoisotopic (exact) mass is 324 g/mol. The lowest BCUT2D eigenvalue weighted by Crippen LogP contribution is -2.20. The molecule has 0 fully saturated rings. The van der Waals surface area contributed by atoms with Gasteiger partial charge in [0.15, 0.2) is 0 Å². The molecule has 0 saturated carbocycles. The maximum atomic E-state index is 6.29.